The van der Waals surface area contributed by atoms with Crippen LogP contribution in [0.25, 0.3) is 0 Å². The van der Waals surface area contributed by atoms with E-state index < -0.39 is 0 Å². The maximum atomic E-state index is 11.6. The van der Waals surface area contributed by atoms with E-state index in [1.165, 1.54) is 12.1 Å². The lowest BCUT2D eigenvalue weighted by molar-refractivity contribution is 0.0984. The van der Waals surface area contributed by atoms with Gasteiger partial charge in [-0.2, -0.15) is 0 Å². The molecule has 1 aromatic rings. The standard InChI is InChI=1S/C12H16O3/c1-3-5-8-10(14)6-7-11(15)12(8)9(13)4-2/h6-7,14-15H,3-5H2,1-2H3. The first-order chi connectivity index (χ1) is 7.11. The van der Waals surface area contributed by atoms with E-state index in [1.807, 2.05) is 6.92 Å². The zero-order valence-corrected chi connectivity index (χ0v) is 9.08. The predicted octanol–water partition coefficient (Wildman–Crippen LogP) is 2.64. The van der Waals surface area contributed by atoms with E-state index in [2.05, 4.69) is 0 Å². The van der Waals surface area contributed by atoms with Crippen molar-refractivity contribution in [3.05, 3.63) is 23.3 Å². The van der Waals surface area contributed by atoms with Gasteiger partial charge in [-0.1, -0.05) is 20.3 Å². The summed E-state index contributed by atoms with van der Waals surface area (Å²) in [5.41, 5.74) is 0.837. The van der Waals surface area contributed by atoms with Crippen molar-refractivity contribution in [1.82, 2.24) is 0 Å². The molecule has 15 heavy (non-hydrogen) atoms. The van der Waals surface area contributed by atoms with Crippen molar-refractivity contribution in [2.75, 3.05) is 0 Å². The van der Waals surface area contributed by atoms with Gasteiger partial charge < -0.3 is 10.2 Å². The van der Waals surface area contributed by atoms with Crippen molar-refractivity contribution in [1.29, 1.82) is 0 Å². The van der Waals surface area contributed by atoms with Gasteiger partial charge >= 0.3 is 0 Å². The van der Waals surface area contributed by atoms with Crippen LogP contribution < -0.4 is 0 Å². The van der Waals surface area contributed by atoms with Crippen molar-refractivity contribution in [3.63, 3.8) is 0 Å². The van der Waals surface area contributed by atoms with Gasteiger partial charge in [0.1, 0.15) is 11.5 Å². The Hall–Kier alpha value is -1.51. The molecule has 3 heteroatoms. The van der Waals surface area contributed by atoms with Gasteiger partial charge in [0.15, 0.2) is 5.78 Å². The maximum Gasteiger partial charge on any atom is 0.166 e. The summed E-state index contributed by atoms with van der Waals surface area (Å²) in [6.45, 7) is 3.70. The van der Waals surface area contributed by atoms with Crippen LogP contribution in [0.3, 0.4) is 0 Å². The van der Waals surface area contributed by atoms with Crippen LogP contribution in [-0.4, -0.2) is 16.0 Å². The summed E-state index contributed by atoms with van der Waals surface area (Å²) < 4.78 is 0. The number of rotatable bonds is 4. The van der Waals surface area contributed by atoms with E-state index in [0.717, 1.165) is 6.42 Å². The zero-order chi connectivity index (χ0) is 11.4. The molecule has 0 bridgehead atoms. The van der Waals surface area contributed by atoms with Crippen LogP contribution >= 0.6 is 0 Å². The van der Waals surface area contributed by atoms with E-state index in [-0.39, 0.29) is 22.8 Å². The number of ketones is 1. The van der Waals surface area contributed by atoms with Crippen LogP contribution in [0.4, 0.5) is 0 Å². The second kappa shape index (κ2) is 4.82. The number of aromatic hydroxyl groups is 2. The molecule has 82 valence electrons. The Labute approximate surface area is 89.4 Å². The van der Waals surface area contributed by atoms with Gasteiger partial charge in [0.05, 0.1) is 5.56 Å². The van der Waals surface area contributed by atoms with Crippen LogP contribution in [0.15, 0.2) is 12.1 Å². The second-order valence-corrected chi connectivity index (χ2v) is 3.48. The third-order valence-corrected chi connectivity index (χ3v) is 2.37. The summed E-state index contributed by atoms with van der Waals surface area (Å²) in [5, 5.41) is 19.2. The van der Waals surface area contributed by atoms with Gasteiger partial charge in [-0.3, -0.25) is 4.79 Å². The molecule has 0 aromatic heterocycles. The number of phenolic OH excluding ortho intramolecular Hbond substituents is 2. The van der Waals surface area contributed by atoms with Crippen LogP contribution in [0.2, 0.25) is 0 Å². The minimum absolute atomic E-state index is 0.0388. The van der Waals surface area contributed by atoms with Gasteiger partial charge in [0.2, 0.25) is 0 Å². The quantitative estimate of drug-likeness (QED) is 0.590. The Morgan fingerprint density at radius 3 is 2.33 bits per heavy atom. The summed E-state index contributed by atoms with van der Waals surface area (Å²) in [4.78, 5) is 11.6. The number of Topliss-reactive ketones (excluding diaryl/α,β-unsaturated/α-hetero) is 1. The summed E-state index contributed by atoms with van der Waals surface area (Å²) in [6.07, 6.45) is 1.75. The monoisotopic (exact) mass is 208 g/mol. The lowest BCUT2D eigenvalue weighted by Gasteiger charge is -2.10. The molecule has 0 aliphatic carbocycles. The molecule has 0 unspecified atom stereocenters. The second-order valence-electron chi connectivity index (χ2n) is 3.48. The lowest BCUT2D eigenvalue weighted by Crippen LogP contribution is -2.03. The third kappa shape index (κ3) is 2.29. The highest BCUT2D eigenvalue weighted by Gasteiger charge is 2.17. The molecule has 0 aliphatic rings. The summed E-state index contributed by atoms with van der Waals surface area (Å²) in [5.74, 6) is -0.0820. The van der Waals surface area contributed by atoms with Gasteiger partial charge in [0.25, 0.3) is 0 Å². The van der Waals surface area contributed by atoms with E-state index in [0.29, 0.717) is 18.4 Å². The molecule has 0 atom stereocenters. The molecular formula is C12H16O3. The van der Waals surface area contributed by atoms with Gasteiger partial charge in [-0.05, 0) is 18.6 Å². The Morgan fingerprint density at radius 1 is 1.20 bits per heavy atom. The smallest absolute Gasteiger partial charge is 0.166 e. The molecule has 0 aliphatic heterocycles. The van der Waals surface area contributed by atoms with Gasteiger partial charge in [-0.15, -0.1) is 0 Å². The molecule has 0 saturated heterocycles. The minimum atomic E-state index is -0.133. The van der Waals surface area contributed by atoms with Gasteiger partial charge in [-0.25, -0.2) is 0 Å². The molecule has 0 fully saturated rings. The fourth-order valence-electron chi connectivity index (χ4n) is 1.62. The largest absolute Gasteiger partial charge is 0.508 e. The van der Waals surface area contributed by atoms with E-state index in [9.17, 15) is 15.0 Å². The van der Waals surface area contributed by atoms with Crippen LogP contribution in [-0.2, 0) is 6.42 Å². The molecular weight excluding hydrogens is 192 g/mol. The number of carbonyl (C=O) groups excluding carboxylic acids is 1. The van der Waals surface area contributed by atoms with Crippen LogP contribution in [0, 0.1) is 0 Å². The minimum Gasteiger partial charge on any atom is -0.508 e. The molecule has 2 N–H and O–H groups in total. The summed E-state index contributed by atoms with van der Waals surface area (Å²) in [6, 6.07) is 2.78. The molecule has 0 radical (unpaired) electrons. The number of benzene rings is 1. The van der Waals surface area contributed by atoms with Crippen molar-refractivity contribution < 1.29 is 15.0 Å². The molecule has 1 rings (SSSR count). The highest BCUT2D eigenvalue weighted by molar-refractivity contribution is 6.00. The first-order valence-corrected chi connectivity index (χ1v) is 5.18. The molecule has 0 spiro atoms. The molecule has 0 amide bonds. The average Bonchev–Trinajstić information content (AvgIpc) is 2.23. The molecule has 0 heterocycles. The van der Waals surface area contributed by atoms with Crippen LogP contribution in [0.5, 0.6) is 11.5 Å². The molecule has 0 saturated carbocycles. The van der Waals surface area contributed by atoms with E-state index >= 15 is 0 Å². The fraction of sp³-hybridized carbons (Fsp3) is 0.417. The number of hydrogen-bond donors (Lipinski definition) is 2. The number of hydrogen-bond acceptors (Lipinski definition) is 3. The van der Waals surface area contributed by atoms with Crippen LogP contribution in [0.1, 0.15) is 42.6 Å². The van der Waals surface area contributed by atoms with E-state index in [1.54, 1.807) is 6.92 Å². The summed E-state index contributed by atoms with van der Waals surface area (Å²) in [7, 11) is 0. The third-order valence-electron chi connectivity index (χ3n) is 2.37. The van der Waals surface area contributed by atoms with Crippen molar-refractivity contribution in [3.8, 4) is 11.5 Å². The zero-order valence-electron chi connectivity index (χ0n) is 9.08. The Bertz CT molecular complexity index is 369. The van der Waals surface area contributed by atoms with E-state index in [4.69, 9.17) is 0 Å². The average molecular weight is 208 g/mol. The maximum absolute atomic E-state index is 11.6. The van der Waals surface area contributed by atoms with Crippen molar-refractivity contribution >= 4 is 5.78 Å². The SMILES string of the molecule is CCCc1c(O)ccc(O)c1C(=O)CC. The first-order valence-electron chi connectivity index (χ1n) is 5.18. The summed E-state index contributed by atoms with van der Waals surface area (Å²) >= 11 is 0. The lowest BCUT2D eigenvalue weighted by atomic mass is 9.96. The Morgan fingerprint density at radius 2 is 1.80 bits per heavy atom. The van der Waals surface area contributed by atoms with Gasteiger partial charge in [0, 0.05) is 12.0 Å². The van der Waals surface area contributed by atoms with Crippen molar-refractivity contribution in [2.45, 2.75) is 33.1 Å². The predicted molar refractivity (Wildman–Crippen MR) is 58.4 cm³/mol. The molecule has 1 aromatic carbocycles. The molecule has 3 nitrogen and oxygen atoms in total. The number of carbonyl (C=O) groups is 1. The first kappa shape index (κ1) is 11.6. The topological polar surface area (TPSA) is 57.5 Å². The Kier molecular flexibility index (Phi) is 3.72. The highest BCUT2D eigenvalue weighted by atomic mass is 16.3. The number of phenols is 2. The Balaban J connectivity index is 3.31. The van der Waals surface area contributed by atoms with Crippen molar-refractivity contribution in [2.24, 2.45) is 0 Å². The fourth-order valence-corrected chi connectivity index (χ4v) is 1.62. The highest BCUT2D eigenvalue weighted by Crippen LogP contribution is 2.30. The normalized spacial score (nSPS) is 10.3.